The quantitative estimate of drug-likeness (QED) is 0.232. The van der Waals surface area contributed by atoms with Crippen molar-refractivity contribution < 1.29 is 14.3 Å². The van der Waals surface area contributed by atoms with Gasteiger partial charge in [0.15, 0.2) is 0 Å². The van der Waals surface area contributed by atoms with E-state index in [-0.39, 0.29) is 30.2 Å². The highest BCUT2D eigenvalue weighted by molar-refractivity contribution is 5.94. The minimum Gasteiger partial charge on any atom is -0.393 e. The Labute approximate surface area is 135 Å². The van der Waals surface area contributed by atoms with E-state index in [4.69, 9.17) is 4.74 Å². The highest BCUT2D eigenvalue weighted by Gasteiger charge is 2.37. The molecular weight excluding hydrogens is 276 g/mol. The highest BCUT2D eigenvalue weighted by Crippen LogP contribution is 2.30. The predicted molar refractivity (Wildman–Crippen MR) is 89.3 cm³/mol. The molecule has 0 aromatic heterocycles. The Balaban J connectivity index is 2.54. The van der Waals surface area contributed by atoms with Gasteiger partial charge in [0.25, 0.3) is 0 Å². The van der Waals surface area contributed by atoms with E-state index in [9.17, 15) is 9.59 Å². The molecule has 1 aliphatic rings. The van der Waals surface area contributed by atoms with Crippen molar-refractivity contribution in [3.05, 3.63) is 12.2 Å². The predicted octanol–water partition coefficient (Wildman–Crippen LogP) is 5.05. The fourth-order valence-corrected chi connectivity index (χ4v) is 3.04. The van der Waals surface area contributed by atoms with Crippen LogP contribution in [0.25, 0.3) is 0 Å². The SMILES string of the molecule is CCCCCC(C=CCC(C)CCCC)C1CC(=O)OC1=O. The molecule has 0 aromatic carbocycles. The molecule has 1 saturated heterocycles. The van der Waals surface area contributed by atoms with E-state index >= 15 is 0 Å². The van der Waals surface area contributed by atoms with E-state index in [1.165, 1.54) is 32.1 Å². The topological polar surface area (TPSA) is 43.4 Å². The first-order chi connectivity index (χ1) is 10.6. The third-order valence-electron chi connectivity index (χ3n) is 4.53. The van der Waals surface area contributed by atoms with Crippen molar-refractivity contribution in [1.82, 2.24) is 0 Å². The number of carbonyl (C=O) groups is 2. The monoisotopic (exact) mass is 308 g/mol. The third-order valence-corrected chi connectivity index (χ3v) is 4.53. The Morgan fingerprint density at radius 2 is 1.86 bits per heavy atom. The molecule has 22 heavy (non-hydrogen) atoms. The number of hydrogen-bond donors (Lipinski definition) is 0. The Bertz CT molecular complexity index is 373. The van der Waals surface area contributed by atoms with Crippen molar-refractivity contribution in [3.63, 3.8) is 0 Å². The summed E-state index contributed by atoms with van der Waals surface area (Å²) >= 11 is 0. The minimum atomic E-state index is -0.361. The maximum Gasteiger partial charge on any atom is 0.317 e. The molecule has 0 aromatic rings. The number of cyclic esters (lactones) is 2. The molecule has 3 atom stereocenters. The van der Waals surface area contributed by atoms with Crippen LogP contribution in [0.2, 0.25) is 0 Å². The van der Waals surface area contributed by atoms with Crippen LogP contribution in [0.1, 0.15) is 78.6 Å². The van der Waals surface area contributed by atoms with Crippen LogP contribution in [0.4, 0.5) is 0 Å². The molecule has 0 amide bonds. The maximum atomic E-state index is 11.8. The van der Waals surface area contributed by atoms with Gasteiger partial charge in [0.05, 0.1) is 12.3 Å². The number of unbranched alkanes of at least 4 members (excludes halogenated alkanes) is 3. The van der Waals surface area contributed by atoms with E-state index in [1.807, 2.05) is 0 Å². The number of rotatable bonds is 11. The zero-order chi connectivity index (χ0) is 16.4. The molecule has 0 bridgehead atoms. The van der Waals surface area contributed by atoms with Crippen LogP contribution < -0.4 is 0 Å². The summed E-state index contributed by atoms with van der Waals surface area (Å²) < 4.78 is 4.73. The zero-order valence-corrected chi connectivity index (χ0v) is 14.5. The lowest BCUT2D eigenvalue weighted by molar-refractivity contribution is -0.153. The minimum absolute atomic E-state index is 0.156. The van der Waals surface area contributed by atoms with E-state index in [2.05, 4.69) is 32.9 Å². The molecule has 1 rings (SSSR count). The van der Waals surface area contributed by atoms with Crippen molar-refractivity contribution in [2.45, 2.75) is 78.6 Å². The van der Waals surface area contributed by atoms with E-state index < -0.39 is 0 Å². The lowest BCUT2D eigenvalue weighted by Crippen LogP contribution is -2.18. The van der Waals surface area contributed by atoms with Crippen molar-refractivity contribution in [3.8, 4) is 0 Å². The number of esters is 2. The maximum absolute atomic E-state index is 11.8. The standard InChI is InChI=1S/C19H32O3/c1-4-6-8-12-16(17-14-18(20)22-19(17)21)13-9-11-15(3)10-7-5-2/h9,13,15-17H,4-8,10-12,14H2,1-3H3. The van der Waals surface area contributed by atoms with Crippen LogP contribution in [0.15, 0.2) is 12.2 Å². The molecule has 1 aliphatic heterocycles. The lowest BCUT2D eigenvalue weighted by Gasteiger charge is -2.16. The summed E-state index contributed by atoms with van der Waals surface area (Å²) in [6, 6.07) is 0. The number of allylic oxidation sites excluding steroid dienone is 2. The second-order valence-corrected chi connectivity index (χ2v) is 6.67. The van der Waals surface area contributed by atoms with Gasteiger partial charge in [0.2, 0.25) is 0 Å². The van der Waals surface area contributed by atoms with Gasteiger partial charge in [-0.05, 0) is 24.7 Å². The molecular formula is C19H32O3. The molecule has 3 unspecified atom stereocenters. The zero-order valence-electron chi connectivity index (χ0n) is 14.5. The highest BCUT2D eigenvalue weighted by atomic mass is 16.6. The average Bonchev–Trinajstić information content (AvgIpc) is 2.82. The molecule has 0 radical (unpaired) electrons. The van der Waals surface area contributed by atoms with E-state index in [1.54, 1.807) is 0 Å². The molecule has 3 heteroatoms. The van der Waals surface area contributed by atoms with Gasteiger partial charge in [0, 0.05) is 0 Å². The van der Waals surface area contributed by atoms with E-state index in [0.717, 1.165) is 19.3 Å². The van der Waals surface area contributed by atoms with E-state index in [0.29, 0.717) is 5.92 Å². The third kappa shape index (κ3) is 6.76. The van der Waals surface area contributed by atoms with Crippen molar-refractivity contribution in [2.75, 3.05) is 0 Å². The molecule has 1 fully saturated rings. The van der Waals surface area contributed by atoms with Gasteiger partial charge in [-0.2, -0.15) is 0 Å². The molecule has 0 saturated carbocycles. The van der Waals surface area contributed by atoms with Crippen LogP contribution in [-0.2, 0) is 14.3 Å². The van der Waals surface area contributed by atoms with Gasteiger partial charge in [-0.15, -0.1) is 0 Å². The first kappa shape index (κ1) is 18.9. The van der Waals surface area contributed by atoms with Crippen molar-refractivity contribution in [2.24, 2.45) is 17.8 Å². The lowest BCUT2D eigenvalue weighted by atomic mass is 9.85. The Kier molecular flexibility index (Phi) is 9.10. The summed E-state index contributed by atoms with van der Waals surface area (Å²) in [5.74, 6) is -0.101. The van der Waals surface area contributed by atoms with Gasteiger partial charge in [-0.3, -0.25) is 9.59 Å². The second kappa shape index (κ2) is 10.6. The van der Waals surface area contributed by atoms with Crippen molar-refractivity contribution in [1.29, 1.82) is 0 Å². The fraction of sp³-hybridized carbons (Fsp3) is 0.789. The molecule has 3 nitrogen and oxygen atoms in total. The average molecular weight is 308 g/mol. The molecule has 1 heterocycles. The number of ether oxygens (including phenoxy) is 1. The van der Waals surface area contributed by atoms with Crippen LogP contribution >= 0.6 is 0 Å². The second-order valence-electron chi connectivity index (χ2n) is 6.67. The summed E-state index contributed by atoms with van der Waals surface area (Å²) in [5, 5.41) is 0. The Hall–Kier alpha value is -1.12. The first-order valence-corrected chi connectivity index (χ1v) is 8.99. The van der Waals surface area contributed by atoms with Crippen LogP contribution in [-0.4, -0.2) is 11.9 Å². The summed E-state index contributed by atoms with van der Waals surface area (Å²) in [7, 11) is 0. The number of carbonyl (C=O) groups excluding carboxylic acids is 2. The van der Waals surface area contributed by atoms with Gasteiger partial charge < -0.3 is 4.74 Å². The van der Waals surface area contributed by atoms with Crippen LogP contribution in [0.3, 0.4) is 0 Å². The summed E-state index contributed by atoms with van der Waals surface area (Å²) in [6.07, 6.45) is 13.9. The molecule has 0 spiro atoms. The smallest absolute Gasteiger partial charge is 0.317 e. The normalized spacial score (nSPS) is 21.3. The molecule has 126 valence electrons. The van der Waals surface area contributed by atoms with Gasteiger partial charge in [-0.25, -0.2) is 0 Å². The molecule has 0 N–H and O–H groups in total. The largest absolute Gasteiger partial charge is 0.393 e. The molecule has 0 aliphatic carbocycles. The number of hydrogen-bond acceptors (Lipinski definition) is 3. The summed E-state index contributed by atoms with van der Waals surface area (Å²) in [5.41, 5.74) is 0. The Morgan fingerprint density at radius 1 is 1.14 bits per heavy atom. The van der Waals surface area contributed by atoms with Crippen LogP contribution in [0, 0.1) is 17.8 Å². The van der Waals surface area contributed by atoms with Crippen molar-refractivity contribution >= 4 is 11.9 Å². The van der Waals surface area contributed by atoms with Gasteiger partial charge >= 0.3 is 11.9 Å². The Morgan fingerprint density at radius 3 is 2.45 bits per heavy atom. The van der Waals surface area contributed by atoms with Gasteiger partial charge in [-0.1, -0.05) is 71.4 Å². The fourth-order valence-electron chi connectivity index (χ4n) is 3.04. The van der Waals surface area contributed by atoms with Crippen LogP contribution in [0.5, 0.6) is 0 Å². The van der Waals surface area contributed by atoms with Gasteiger partial charge in [0.1, 0.15) is 0 Å². The summed E-state index contributed by atoms with van der Waals surface area (Å²) in [4.78, 5) is 23.2. The summed E-state index contributed by atoms with van der Waals surface area (Å²) in [6.45, 7) is 6.67. The first-order valence-electron chi connectivity index (χ1n) is 8.99.